The van der Waals surface area contributed by atoms with Crippen LogP contribution < -0.4 is 5.73 Å². The van der Waals surface area contributed by atoms with Crippen LogP contribution in [-0.4, -0.2) is 19.5 Å². The second-order valence-electron chi connectivity index (χ2n) is 2.05. The average molecular weight is 135 g/mol. The molecule has 8 heavy (non-hydrogen) atoms. The molecule has 1 saturated heterocycles. The molecule has 0 aromatic rings. The molecule has 0 radical (unpaired) electrons. The van der Waals surface area contributed by atoms with Gasteiger partial charge >= 0.3 is 0 Å². The molecular formula is C4H9NO2S. The summed E-state index contributed by atoms with van der Waals surface area (Å²) in [4.78, 5) is 0. The molecule has 1 fully saturated rings. The highest BCUT2D eigenvalue weighted by Crippen LogP contribution is 2.14. The van der Waals surface area contributed by atoms with E-state index in [1.54, 1.807) is 0 Å². The fraction of sp³-hybridized carbons (Fsp3) is 1.00. The van der Waals surface area contributed by atoms with Crippen LogP contribution in [0.15, 0.2) is 0 Å². The Bertz CT molecular complexity index is 172. The van der Waals surface area contributed by atoms with E-state index in [9.17, 15) is 8.42 Å². The number of sulfone groups is 1. The second kappa shape index (κ2) is 1.70. The fourth-order valence-electron chi connectivity index (χ4n) is 0.817. The maximum atomic E-state index is 10.6. The Kier molecular flexibility index (Phi) is 1.28. The van der Waals surface area contributed by atoms with Crippen molar-refractivity contribution in [2.75, 3.05) is 5.75 Å². The first-order chi connectivity index (χ1) is 3.63. The minimum atomic E-state index is -2.85. The predicted octanol–water partition coefficient (Wildman–Crippen LogP) is -0.520. The molecule has 1 rings (SSSR count). The minimum Gasteiger partial charge on any atom is -0.315 e. The molecular weight excluding hydrogens is 126 g/mol. The third-order valence-corrected chi connectivity index (χ3v) is 3.39. The van der Waals surface area contributed by atoms with E-state index >= 15 is 0 Å². The van der Waals surface area contributed by atoms with Crippen molar-refractivity contribution in [2.45, 2.75) is 18.2 Å². The second-order valence-corrected chi connectivity index (χ2v) is 4.39. The maximum absolute atomic E-state index is 10.6. The van der Waals surface area contributed by atoms with Crippen LogP contribution in [-0.2, 0) is 9.84 Å². The van der Waals surface area contributed by atoms with Gasteiger partial charge in [-0.15, -0.1) is 0 Å². The molecule has 0 aliphatic carbocycles. The number of hydrogen-bond acceptors (Lipinski definition) is 3. The van der Waals surface area contributed by atoms with Gasteiger partial charge in [0.2, 0.25) is 0 Å². The van der Waals surface area contributed by atoms with E-state index in [4.69, 9.17) is 5.73 Å². The topological polar surface area (TPSA) is 60.2 Å². The zero-order valence-corrected chi connectivity index (χ0v) is 5.32. The summed E-state index contributed by atoms with van der Waals surface area (Å²) in [7, 11) is -2.85. The van der Waals surface area contributed by atoms with Gasteiger partial charge in [-0.05, 0) is 12.8 Å². The Morgan fingerprint density at radius 2 is 2.12 bits per heavy atom. The lowest BCUT2D eigenvalue weighted by molar-refractivity contribution is 0.591. The van der Waals surface area contributed by atoms with Crippen molar-refractivity contribution >= 4 is 9.84 Å². The Balaban J connectivity index is 2.85. The molecule has 0 amide bonds. The van der Waals surface area contributed by atoms with Crippen LogP contribution >= 0.6 is 0 Å². The van der Waals surface area contributed by atoms with Crippen molar-refractivity contribution in [3.63, 3.8) is 0 Å². The Morgan fingerprint density at radius 3 is 2.25 bits per heavy atom. The Morgan fingerprint density at radius 1 is 1.50 bits per heavy atom. The first-order valence-electron chi connectivity index (χ1n) is 2.60. The summed E-state index contributed by atoms with van der Waals surface area (Å²) in [6, 6.07) is 0. The third-order valence-electron chi connectivity index (χ3n) is 1.38. The lowest BCUT2D eigenvalue weighted by Crippen LogP contribution is -2.25. The van der Waals surface area contributed by atoms with Gasteiger partial charge < -0.3 is 5.73 Å². The van der Waals surface area contributed by atoms with Crippen molar-refractivity contribution in [1.29, 1.82) is 0 Å². The smallest absolute Gasteiger partial charge is 0.165 e. The molecule has 1 atom stereocenters. The lowest BCUT2D eigenvalue weighted by Gasteiger charge is -1.96. The molecule has 0 spiro atoms. The normalized spacial score (nSPS) is 35.4. The molecule has 1 aliphatic heterocycles. The lowest BCUT2D eigenvalue weighted by atomic mass is 10.3. The molecule has 0 bridgehead atoms. The summed E-state index contributed by atoms with van der Waals surface area (Å²) < 4.78 is 21.3. The minimum absolute atomic E-state index is 0.286. The van der Waals surface area contributed by atoms with Crippen LogP contribution in [0.5, 0.6) is 0 Å². The monoisotopic (exact) mass is 135 g/mol. The van der Waals surface area contributed by atoms with Crippen LogP contribution in [0, 0.1) is 0 Å². The van der Waals surface area contributed by atoms with Gasteiger partial charge in [-0.25, -0.2) is 8.42 Å². The highest BCUT2D eigenvalue weighted by molar-refractivity contribution is 7.92. The largest absolute Gasteiger partial charge is 0.315 e. The molecule has 3 nitrogen and oxygen atoms in total. The molecule has 0 saturated carbocycles. The highest BCUT2D eigenvalue weighted by Gasteiger charge is 2.26. The standard InChI is InChI=1S/C4H9NO2S/c5-4-2-1-3-8(4,6)7/h4H,1-3,5H2. The van der Waals surface area contributed by atoms with E-state index in [0.717, 1.165) is 6.42 Å². The molecule has 4 heteroatoms. The zero-order chi connectivity index (χ0) is 6.20. The van der Waals surface area contributed by atoms with Crippen molar-refractivity contribution in [2.24, 2.45) is 5.73 Å². The van der Waals surface area contributed by atoms with Gasteiger partial charge in [-0.1, -0.05) is 0 Å². The molecule has 2 N–H and O–H groups in total. The van der Waals surface area contributed by atoms with Crippen molar-refractivity contribution in [1.82, 2.24) is 0 Å². The van der Waals surface area contributed by atoms with Gasteiger partial charge in [-0.2, -0.15) is 0 Å². The number of hydrogen-bond donors (Lipinski definition) is 1. The summed E-state index contributed by atoms with van der Waals surface area (Å²) in [5.41, 5.74) is 5.22. The molecule has 0 aromatic carbocycles. The van der Waals surface area contributed by atoms with Gasteiger partial charge in [-0.3, -0.25) is 0 Å². The first kappa shape index (κ1) is 6.04. The van der Waals surface area contributed by atoms with Gasteiger partial charge in [0.15, 0.2) is 9.84 Å². The summed E-state index contributed by atoms with van der Waals surface area (Å²) in [5, 5.41) is -0.567. The van der Waals surface area contributed by atoms with E-state index in [-0.39, 0.29) is 5.75 Å². The average Bonchev–Trinajstić information content (AvgIpc) is 1.86. The third kappa shape index (κ3) is 0.855. The van der Waals surface area contributed by atoms with E-state index < -0.39 is 15.2 Å². The molecule has 0 aromatic heterocycles. The van der Waals surface area contributed by atoms with Crippen molar-refractivity contribution < 1.29 is 8.42 Å². The molecule has 1 unspecified atom stereocenters. The van der Waals surface area contributed by atoms with Crippen molar-refractivity contribution in [3.8, 4) is 0 Å². The van der Waals surface area contributed by atoms with Crippen LogP contribution in [0.25, 0.3) is 0 Å². The van der Waals surface area contributed by atoms with E-state index in [2.05, 4.69) is 0 Å². The summed E-state index contributed by atoms with van der Waals surface area (Å²) in [6.45, 7) is 0. The van der Waals surface area contributed by atoms with Gasteiger partial charge in [0, 0.05) is 0 Å². The van der Waals surface area contributed by atoms with Crippen LogP contribution in [0.3, 0.4) is 0 Å². The Labute approximate surface area is 48.8 Å². The van der Waals surface area contributed by atoms with E-state index in [1.165, 1.54) is 0 Å². The Hall–Kier alpha value is -0.0900. The summed E-state index contributed by atoms with van der Waals surface area (Å²) >= 11 is 0. The SMILES string of the molecule is NC1CCCS1(=O)=O. The summed E-state index contributed by atoms with van der Waals surface area (Å²) in [5.74, 6) is 0.286. The van der Waals surface area contributed by atoms with Crippen LogP contribution in [0.1, 0.15) is 12.8 Å². The summed E-state index contributed by atoms with van der Waals surface area (Å²) in [6.07, 6.45) is 1.38. The molecule has 1 aliphatic rings. The number of nitrogens with two attached hydrogens (primary N) is 1. The van der Waals surface area contributed by atoms with Gasteiger partial charge in [0.1, 0.15) is 5.37 Å². The maximum Gasteiger partial charge on any atom is 0.165 e. The fourth-order valence-corrected chi connectivity index (χ4v) is 2.21. The first-order valence-corrected chi connectivity index (χ1v) is 4.31. The molecule has 1 heterocycles. The van der Waals surface area contributed by atoms with Crippen molar-refractivity contribution in [3.05, 3.63) is 0 Å². The van der Waals surface area contributed by atoms with Crippen LogP contribution in [0.2, 0.25) is 0 Å². The van der Waals surface area contributed by atoms with Gasteiger partial charge in [0.05, 0.1) is 5.75 Å². The van der Waals surface area contributed by atoms with Gasteiger partial charge in [0.25, 0.3) is 0 Å². The van der Waals surface area contributed by atoms with E-state index in [0.29, 0.717) is 6.42 Å². The van der Waals surface area contributed by atoms with Crippen LogP contribution in [0.4, 0.5) is 0 Å². The molecule has 48 valence electrons. The highest BCUT2D eigenvalue weighted by atomic mass is 32.2. The number of rotatable bonds is 0. The predicted molar refractivity (Wildman–Crippen MR) is 31.0 cm³/mol. The quantitative estimate of drug-likeness (QED) is 0.486. The van der Waals surface area contributed by atoms with E-state index in [1.807, 2.05) is 0 Å². The zero-order valence-electron chi connectivity index (χ0n) is 4.50.